The Morgan fingerprint density at radius 2 is 0.766 bits per heavy atom. The average Bonchev–Trinajstić information content (AvgIpc) is 3.85. The van der Waals surface area contributed by atoms with E-state index < -0.39 is 0 Å². The van der Waals surface area contributed by atoms with E-state index in [2.05, 4.69) is 220 Å². The zero-order valence-corrected chi connectivity index (χ0v) is 35.5. The summed E-state index contributed by atoms with van der Waals surface area (Å²) in [5, 5.41) is 2.22. The highest BCUT2D eigenvalue weighted by molar-refractivity contribution is 6.13. The molecule has 1 aliphatic carbocycles. The molecule has 0 bridgehead atoms. The molecule has 4 heteroatoms. The lowest BCUT2D eigenvalue weighted by Gasteiger charge is -2.21. The van der Waals surface area contributed by atoms with Crippen LogP contribution in [0.2, 0.25) is 0 Å². The van der Waals surface area contributed by atoms with Crippen LogP contribution in [0.15, 0.2) is 217 Å². The van der Waals surface area contributed by atoms with E-state index >= 15 is 0 Å². The van der Waals surface area contributed by atoms with Crippen LogP contribution in [0.3, 0.4) is 0 Å². The average molecular weight is 820 g/mol. The van der Waals surface area contributed by atoms with Crippen molar-refractivity contribution in [3.05, 3.63) is 223 Å². The van der Waals surface area contributed by atoms with Gasteiger partial charge in [0.15, 0.2) is 17.5 Å². The second-order valence-electron chi connectivity index (χ2n) is 17.2. The number of benzene rings is 9. The van der Waals surface area contributed by atoms with E-state index in [9.17, 15) is 0 Å². The Hall–Kier alpha value is -8.21. The van der Waals surface area contributed by atoms with Crippen molar-refractivity contribution in [2.24, 2.45) is 0 Å². The van der Waals surface area contributed by atoms with Crippen LogP contribution in [-0.2, 0) is 5.41 Å². The summed E-state index contributed by atoms with van der Waals surface area (Å²) in [5.41, 5.74) is 18.5. The van der Waals surface area contributed by atoms with Gasteiger partial charge in [-0.1, -0.05) is 184 Å². The van der Waals surface area contributed by atoms with Crippen LogP contribution in [0.25, 0.3) is 112 Å². The molecule has 12 rings (SSSR count). The fraction of sp³-hybridized carbons (Fsp3) is 0.0500. The van der Waals surface area contributed by atoms with Crippen LogP contribution >= 0.6 is 0 Å². The maximum atomic E-state index is 6.53. The van der Waals surface area contributed by atoms with E-state index in [0.717, 1.165) is 66.4 Å². The molecule has 302 valence electrons. The van der Waals surface area contributed by atoms with Gasteiger partial charge in [0, 0.05) is 32.9 Å². The molecule has 9 aromatic carbocycles. The van der Waals surface area contributed by atoms with Gasteiger partial charge in [-0.25, -0.2) is 15.0 Å². The van der Waals surface area contributed by atoms with E-state index in [4.69, 9.17) is 19.4 Å². The minimum absolute atomic E-state index is 0.103. The normalized spacial score (nSPS) is 12.7. The van der Waals surface area contributed by atoms with Gasteiger partial charge in [-0.2, -0.15) is 0 Å². The molecule has 0 aliphatic heterocycles. The zero-order chi connectivity index (χ0) is 42.8. The smallest absolute Gasteiger partial charge is 0.164 e. The van der Waals surface area contributed by atoms with Crippen molar-refractivity contribution in [2.45, 2.75) is 19.3 Å². The molecule has 0 radical (unpaired) electrons. The van der Waals surface area contributed by atoms with Gasteiger partial charge in [-0.05, 0) is 109 Å². The van der Waals surface area contributed by atoms with Crippen LogP contribution in [0.4, 0.5) is 0 Å². The first kappa shape index (κ1) is 37.5. The second-order valence-corrected chi connectivity index (χ2v) is 17.2. The summed E-state index contributed by atoms with van der Waals surface area (Å²) in [6.45, 7) is 4.61. The summed E-state index contributed by atoms with van der Waals surface area (Å²) in [5.74, 6) is 1.85. The summed E-state index contributed by atoms with van der Waals surface area (Å²) >= 11 is 0. The van der Waals surface area contributed by atoms with Gasteiger partial charge in [0.05, 0.1) is 0 Å². The van der Waals surface area contributed by atoms with Crippen LogP contribution in [0, 0.1) is 0 Å². The minimum atomic E-state index is -0.103. The molecular weight excluding hydrogens is 779 g/mol. The summed E-state index contributed by atoms with van der Waals surface area (Å²) in [7, 11) is 0. The number of aromatic nitrogens is 3. The lowest BCUT2D eigenvalue weighted by molar-refractivity contribution is 0.660. The Morgan fingerprint density at radius 1 is 0.312 bits per heavy atom. The van der Waals surface area contributed by atoms with E-state index in [0.29, 0.717) is 17.5 Å². The highest BCUT2D eigenvalue weighted by atomic mass is 16.3. The SMILES string of the molecule is CC1(C)c2ccccc2-c2cc(-c3nc(-c4cccc(-c5cccc(-c6ccccc6)c5)c4)nc(-c4cccc(-c5ccc6c(c5)oc5cccc(-c7ccccc7)c56)c4)n3)ccc21. The van der Waals surface area contributed by atoms with Crippen molar-refractivity contribution in [3.8, 4) is 89.8 Å². The molecule has 2 heterocycles. The summed E-state index contributed by atoms with van der Waals surface area (Å²) in [4.78, 5) is 15.7. The molecule has 2 aromatic heterocycles. The third kappa shape index (κ3) is 6.42. The van der Waals surface area contributed by atoms with Crippen molar-refractivity contribution in [2.75, 3.05) is 0 Å². The Morgan fingerprint density at radius 3 is 1.42 bits per heavy atom. The molecule has 1 aliphatic rings. The third-order valence-corrected chi connectivity index (χ3v) is 12.9. The topological polar surface area (TPSA) is 51.8 Å². The van der Waals surface area contributed by atoms with Gasteiger partial charge in [0.2, 0.25) is 0 Å². The Kier molecular flexibility index (Phi) is 8.80. The maximum absolute atomic E-state index is 6.53. The van der Waals surface area contributed by atoms with Gasteiger partial charge < -0.3 is 4.42 Å². The van der Waals surface area contributed by atoms with Gasteiger partial charge in [-0.15, -0.1) is 0 Å². The Balaban J connectivity index is 0.977. The molecule has 0 saturated carbocycles. The van der Waals surface area contributed by atoms with E-state index in [1.807, 2.05) is 6.07 Å². The third-order valence-electron chi connectivity index (χ3n) is 12.9. The lowest BCUT2D eigenvalue weighted by Crippen LogP contribution is -2.14. The standard InChI is InChI=1S/C60H41N3O/c1-60(2)52-27-10-9-25-49(52)51-36-47(30-32-53(51)60)59-62-57(45-23-12-21-42(34-45)41-20-11-19-40(33-41)38-15-5-3-6-16-38)61-58(63-59)46-24-13-22-43(35-46)44-29-31-50-55(37-44)64-54-28-14-26-48(56(50)54)39-17-7-4-8-18-39/h3-37H,1-2H3. The van der Waals surface area contributed by atoms with Crippen LogP contribution < -0.4 is 0 Å². The van der Waals surface area contributed by atoms with Crippen LogP contribution in [-0.4, -0.2) is 15.0 Å². The molecule has 0 fully saturated rings. The molecule has 0 amide bonds. The van der Waals surface area contributed by atoms with E-state index in [1.165, 1.54) is 38.9 Å². The fourth-order valence-corrected chi connectivity index (χ4v) is 9.67. The Bertz CT molecular complexity index is 3590. The lowest BCUT2D eigenvalue weighted by atomic mass is 9.82. The Labute approximate surface area is 372 Å². The molecule has 0 N–H and O–H groups in total. The first-order chi connectivity index (χ1) is 31.4. The molecule has 64 heavy (non-hydrogen) atoms. The molecule has 0 atom stereocenters. The minimum Gasteiger partial charge on any atom is -0.456 e. The molecule has 0 unspecified atom stereocenters. The van der Waals surface area contributed by atoms with Crippen molar-refractivity contribution in [1.29, 1.82) is 0 Å². The van der Waals surface area contributed by atoms with E-state index in [1.54, 1.807) is 0 Å². The summed E-state index contributed by atoms with van der Waals surface area (Å²) in [6.07, 6.45) is 0. The number of nitrogens with zero attached hydrogens (tertiary/aromatic N) is 3. The zero-order valence-electron chi connectivity index (χ0n) is 35.5. The van der Waals surface area contributed by atoms with Crippen molar-refractivity contribution >= 4 is 21.9 Å². The van der Waals surface area contributed by atoms with Crippen molar-refractivity contribution in [3.63, 3.8) is 0 Å². The number of rotatable bonds is 7. The molecular formula is C60H41N3O. The highest BCUT2D eigenvalue weighted by Gasteiger charge is 2.35. The number of furan rings is 1. The predicted molar refractivity (Wildman–Crippen MR) is 263 cm³/mol. The number of fused-ring (bicyclic) bond motifs is 6. The monoisotopic (exact) mass is 819 g/mol. The largest absolute Gasteiger partial charge is 0.456 e. The van der Waals surface area contributed by atoms with Crippen LogP contribution in [0.5, 0.6) is 0 Å². The van der Waals surface area contributed by atoms with Gasteiger partial charge in [0.25, 0.3) is 0 Å². The van der Waals surface area contributed by atoms with Gasteiger partial charge in [-0.3, -0.25) is 0 Å². The van der Waals surface area contributed by atoms with Gasteiger partial charge >= 0.3 is 0 Å². The fourth-order valence-electron chi connectivity index (χ4n) is 9.67. The molecule has 0 spiro atoms. The predicted octanol–water partition coefficient (Wildman–Crippen LogP) is 15.7. The molecule has 0 saturated heterocycles. The van der Waals surface area contributed by atoms with Crippen LogP contribution in [0.1, 0.15) is 25.0 Å². The molecule has 11 aromatic rings. The van der Waals surface area contributed by atoms with Crippen molar-refractivity contribution in [1.82, 2.24) is 15.0 Å². The quantitative estimate of drug-likeness (QED) is 0.161. The number of hydrogen-bond donors (Lipinski definition) is 0. The maximum Gasteiger partial charge on any atom is 0.164 e. The van der Waals surface area contributed by atoms with E-state index in [-0.39, 0.29) is 5.41 Å². The van der Waals surface area contributed by atoms with Gasteiger partial charge in [0.1, 0.15) is 11.2 Å². The summed E-state index contributed by atoms with van der Waals surface area (Å²) in [6, 6.07) is 75.0. The first-order valence-corrected chi connectivity index (χ1v) is 21.8. The molecule has 4 nitrogen and oxygen atoms in total. The van der Waals surface area contributed by atoms with Crippen molar-refractivity contribution < 1.29 is 4.42 Å². The number of hydrogen-bond acceptors (Lipinski definition) is 4. The highest BCUT2D eigenvalue weighted by Crippen LogP contribution is 2.49. The first-order valence-electron chi connectivity index (χ1n) is 21.8. The second kappa shape index (κ2) is 15.0. The summed E-state index contributed by atoms with van der Waals surface area (Å²) < 4.78 is 6.53.